The summed E-state index contributed by atoms with van der Waals surface area (Å²) in [4.78, 5) is 31.3. The molecule has 0 spiro atoms. The Balaban J connectivity index is 2.86. The summed E-state index contributed by atoms with van der Waals surface area (Å²) in [5.74, 6) is -1.43. The Bertz CT molecular complexity index is 406. The van der Waals surface area contributed by atoms with Crippen molar-refractivity contribution < 1.29 is 14.7 Å². The number of rotatable bonds is 4. The van der Waals surface area contributed by atoms with Crippen LogP contribution in [-0.4, -0.2) is 44.9 Å². The summed E-state index contributed by atoms with van der Waals surface area (Å²) >= 11 is 0. The van der Waals surface area contributed by atoms with Gasteiger partial charge in [0.15, 0.2) is 0 Å². The fraction of sp³-hybridized carbons (Fsp3) is 0.400. The molecule has 0 aliphatic carbocycles. The van der Waals surface area contributed by atoms with Gasteiger partial charge in [-0.25, -0.2) is 9.97 Å². The van der Waals surface area contributed by atoms with Crippen molar-refractivity contribution in [3.8, 4) is 0 Å². The fourth-order valence-electron chi connectivity index (χ4n) is 1.22. The number of amides is 1. The largest absolute Gasteiger partial charge is 0.480 e. The maximum atomic E-state index is 11.8. The Morgan fingerprint density at radius 2 is 2.12 bits per heavy atom. The van der Waals surface area contributed by atoms with Crippen molar-refractivity contribution in [2.75, 3.05) is 13.1 Å². The molecule has 0 unspecified atom stereocenters. The van der Waals surface area contributed by atoms with E-state index in [0.717, 1.165) is 0 Å². The molecule has 86 valence electrons. The van der Waals surface area contributed by atoms with Crippen molar-refractivity contribution in [1.82, 2.24) is 14.9 Å². The van der Waals surface area contributed by atoms with E-state index in [4.69, 9.17) is 5.11 Å². The van der Waals surface area contributed by atoms with E-state index in [9.17, 15) is 9.59 Å². The van der Waals surface area contributed by atoms with Crippen molar-refractivity contribution in [3.05, 3.63) is 23.8 Å². The first-order chi connectivity index (χ1) is 7.54. The second kappa shape index (κ2) is 5.20. The second-order valence-corrected chi connectivity index (χ2v) is 3.26. The van der Waals surface area contributed by atoms with Crippen molar-refractivity contribution in [1.29, 1.82) is 0 Å². The topological polar surface area (TPSA) is 83.4 Å². The molecule has 0 aromatic carbocycles. The first-order valence-corrected chi connectivity index (χ1v) is 4.84. The number of aryl methyl sites for hydroxylation is 1. The van der Waals surface area contributed by atoms with Gasteiger partial charge in [0.05, 0.1) is 0 Å². The van der Waals surface area contributed by atoms with Crippen LogP contribution in [0.15, 0.2) is 12.4 Å². The monoisotopic (exact) mass is 223 g/mol. The minimum atomic E-state index is -1.04. The van der Waals surface area contributed by atoms with E-state index in [-0.39, 0.29) is 12.2 Å². The van der Waals surface area contributed by atoms with E-state index in [1.807, 2.05) is 0 Å². The highest BCUT2D eigenvalue weighted by Crippen LogP contribution is 2.02. The molecule has 1 aromatic rings. The Morgan fingerprint density at radius 1 is 1.44 bits per heavy atom. The summed E-state index contributed by atoms with van der Waals surface area (Å²) in [6.45, 7) is 3.47. The number of likely N-dealkylation sites (N-methyl/N-ethyl adjacent to an activating group) is 1. The Kier molecular flexibility index (Phi) is 3.93. The number of nitrogens with zero attached hydrogens (tertiary/aromatic N) is 3. The Labute approximate surface area is 92.9 Å². The predicted octanol–water partition coefficient (Wildman–Crippen LogP) is 0.332. The summed E-state index contributed by atoms with van der Waals surface area (Å²) in [7, 11) is 0. The molecule has 1 rings (SSSR count). The zero-order chi connectivity index (χ0) is 12.1. The molecule has 1 aromatic heterocycles. The first kappa shape index (κ1) is 12.1. The lowest BCUT2D eigenvalue weighted by molar-refractivity contribution is -0.137. The van der Waals surface area contributed by atoms with Gasteiger partial charge >= 0.3 is 5.97 Å². The van der Waals surface area contributed by atoms with Gasteiger partial charge in [-0.15, -0.1) is 0 Å². The van der Waals surface area contributed by atoms with Crippen LogP contribution < -0.4 is 0 Å². The van der Waals surface area contributed by atoms with E-state index in [0.29, 0.717) is 12.2 Å². The molecule has 0 atom stereocenters. The lowest BCUT2D eigenvalue weighted by atomic mass is 10.3. The zero-order valence-electron chi connectivity index (χ0n) is 9.17. The number of carbonyl (C=O) groups is 2. The molecule has 0 aliphatic rings. The molecular formula is C10H13N3O3. The van der Waals surface area contributed by atoms with Crippen LogP contribution >= 0.6 is 0 Å². The van der Waals surface area contributed by atoms with Gasteiger partial charge in [-0.05, 0) is 19.9 Å². The molecule has 0 saturated heterocycles. The summed E-state index contributed by atoms with van der Waals surface area (Å²) in [6.07, 6.45) is 1.29. The molecule has 0 bridgehead atoms. The van der Waals surface area contributed by atoms with Gasteiger partial charge in [-0.3, -0.25) is 9.59 Å². The molecule has 1 N–H and O–H groups in total. The molecule has 0 fully saturated rings. The average Bonchev–Trinajstić information content (AvgIpc) is 2.24. The molecular weight excluding hydrogens is 210 g/mol. The van der Waals surface area contributed by atoms with Crippen LogP contribution in [0, 0.1) is 6.92 Å². The minimum Gasteiger partial charge on any atom is -0.480 e. The summed E-state index contributed by atoms with van der Waals surface area (Å²) < 4.78 is 0. The normalized spacial score (nSPS) is 9.88. The highest BCUT2D eigenvalue weighted by atomic mass is 16.4. The third-order valence-corrected chi connectivity index (χ3v) is 2.02. The van der Waals surface area contributed by atoms with Gasteiger partial charge in [-0.1, -0.05) is 0 Å². The molecule has 0 aliphatic heterocycles. The van der Waals surface area contributed by atoms with Gasteiger partial charge < -0.3 is 10.0 Å². The van der Waals surface area contributed by atoms with E-state index >= 15 is 0 Å². The number of hydrogen-bond acceptors (Lipinski definition) is 4. The molecule has 1 amide bonds. The quantitative estimate of drug-likeness (QED) is 0.795. The van der Waals surface area contributed by atoms with Crippen molar-refractivity contribution >= 4 is 11.9 Å². The number of carbonyl (C=O) groups excluding carboxylic acids is 1. The summed E-state index contributed by atoms with van der Waals surface area (Å²) in [5, 5.41) is 8.64. The van der Waals surface area contributed by atoms with E-state index < -0.39 is 11.9 Å². The first-order valence-electron chi connectivity index (χ1n) is 4.84. The van der Waals surface area contributed by atoms with Crippen LogP contribution in [0.25, 0.3) is 0 Å². The SMILES string of the molecule is CCN(CC(=O)O)C(=O)c1cc(C)ncn1. The van der Waals surface area contributed by atoms with Crippen LogP contribution in [0.5, 0.6) is 0 Å². The lowest BCUT2D eigenvalue weighted by Crippen LogP contribution is -2.35. The Morgan fingerprint density at radius 3 is 2.62 bits per heavy atom. The van der Waals surface area contributed by atoms with E-state index in [2.05, 4.69) is 9.97 Å². The Hall–Kier alpha value is -1.98. The average molecular weight is 223 g/mol. The van der Waals surface area contributed by atoms with Gasteiger partial charge in [0.1, 0.15) is 18.6 Å². The third kappa shape index (κ3) is 3.01. The third-order valence-electron chi connectivity index (χ3n) is 2.02. The molecule has 0 radical (unpaired) electrons. The maximum Gasteiger partial charge on any atom is 0.323 e. The number of aliphatic carboxylic acids is 1. The van der Waals surface area contributed by atoms with Crippen LogP contribution in [0.3, 0.4) is 0 Å². The predicted molar refractivity (Wildman–Crippen MR) is 56.0 cm³/mol. The van der Waals surface area contributed by atoms with Crippen LogP contribution in [0.2, 0.25) is 0 Å². The highest BCUT2D eigenvalue weighted by Gasteiger charge is 2.17. The molecule has 1 heterocycles. The van der Waals surface area contributed by atoms with Gasteiger partial charge in [0.25, 0.3) is 5.91 Å². The van der Waals surface area contributed by atoms with E-state index in [1.165, 1.54) is 17.3 Å². The van der Waals surface area contributed by atoms with Crippen LogP contribution in [0.4, 0.5) is 0 Å². The second-order valence-electron chi connectivity index (χ2n) is 3.26. The fourth-order valence-corrected chi connectivity index (χ4v) is 1.22. The summed E-state index contributed by atoms with van der Waals surface area (Å²) in [5.41, 5.74) is 0.889. The van der Waals surface area contributed by atoms with Crippen molar-refractivity contribution in [2.45, 2.75) is 13.8 Å². The number of carboxylic acids is 1. The number of hydrogen-bond donors (Lipinski definition) is 1. The van der Waals surface area contributed by atoms with Crippen LogP contribution in [-0.2, 0) is 4.79 Å². The number of aromatic nitrogens is 2. The van der Waals surface area contributed by atoms with Gasteiger partial charge in [-0.2, -0.15) is 0 Å². The molecule has 0 saturated carbocycles. The molecule has 6 heteroatoms. The molecule has 16 heavy (non-hydrogen) atoms. The summed E-state index contributed by atoms with van der Waals surface area (Å²) in [6, 6.07) is 1.53. The van der Waals surface area contributed by atoms with Gasteiger partial charge in [0.2, 0.25) is 0 Å². The highest BCUT2D eigenvalue weighted by molar-refractivity contribution is 5.94. The smallest absolute Gasteiger partial charge is 0.323 e. The van der Waals surface area contributed by atoms with Crippen molar-refractivity contribution in [3.63, 3.8) is 0 Å². The van der Waals surface area contributed by atoms with Gasteiger partial charge in [0, 0.05) is 12.2 Å². The number of carboxylic acid groups (broad SMARTS) is 1. The van der Waals surface area contributed by atoms with Crippen LogP contribution in [0.1, 0.15) is 23.1 Å². The van der Waals surface area contributed by atoms with E-state index in [1.54, 1.807) is 13.8 Å². The lowest BCUT2D eigenvalue weighted by Gasteiger charge is -2.17. The maximum absolute atomic E-state index is 11.8. The van der Waals surface area contributed by atoms with Crippen molar-refractivity contribution in [2.24, 2.45) is 0 Å². The standard InChI is InChI=1S/C10H13N3O3/c1-3-13(5-9(14)15)10(16)8-4-7(2)11-6-12-8/h4,6H,3,5H2,1-2H3,(H,14,15). The molecule has 6 nitrogen and oxygen atoms in total. The minimum absolute atomic E-state index is 0.218. The zero-order valence-corrected chi connectivity index (χ0v) is 9.17.